The molecule has 0 amide bonds. The Hall–Kier alpha value is -1.36. The minimum atomic E-state index is -0.253. The minimum absolute atomic E-state index is 0.214. The molecule has 0 aromatic carbocycles. The fourth-order valence-electron chi connectivity index (χ4n) is 1.23. The lowest BCUT2D eigenvalue weighted by molar-refractivity contribution is 0.000692. The zero-order chi connectivity index (χ0) is 11.3. The number of nitrogens with one attached hydrogen (secondary N) is 2. The van der Waals surface area contributed by atoms with Crippen molar-refractivity contribution in [1.29, 1.82) is 0 Å². The van der Waals surface area contributed by atoms with Crippen LogP contribution in [-0.2, 0) is 4.74 Å². The van der Waals surface area contributed by atoms with Crippen LogP contribution >= 0.6 is 0 Å². The lowest BCUT2D eigenvalue weighted by Gasteiger charge is -2.25. The third-order valence-corrected chi connectivity index (χ3v) is 1.92. The maximum atomic E-state index is 11.0. The molecule has 0 bridgehead atoms. The Morgan fingerprint density at radius 2 is 2.33 bits per heavy atom. The summed E-state index contributed by atoms with van der Waals surface area (Å²) in [7, 11) is 0. The summed E-state index contributed by atoms with van der Waals surface area (Å²) in [6.45, 7) is 7.24. The van der Waals surface area contributed by atoms with Crippen molar-refractivity contribution in [1.82, 2.24) is 10.2 Å². The second kappa shape index (κ2) is 4.93. The molecule has 0 aliphatic rings. The number of hydrogen-bond donors (Lipinski definition) is 2. The van der Waals surface area contributed by atoms with E-state index in [2.05, 4.69) is 15.5 Å². The molecule has 0 atom stereocenters. The van der Waals surface area contributed by atoms with Crippen LogP contribution < -0.4 is 10.9 Å². The van der Waals surface area contributed by atoms with E-state index in [4.69, 9.17) is 4.74 Å². The molecule has 0 saturated carbocycles. The van der Waals surface area contributed by atoms with Crippen molar-refractivity contribution in [2.45, 2.75) is 26.4 Å². The highest BCUT2D eigenvalue weighted by atomic mass is 16.5. The van der Waals surface area contributed by atoms with Crippen molar-refractivity contribution in [3.05, 3.63) is 22.6 Å². The van der Waals surface area contributed by atoms with E-state index in [1.54, 1.807) is 6.20 Å². The average molecular weight is 211 g/mol. The summed E-state index contributed by atoms with van der Waals surface area (Å²) < 4.78 is 5.51. The van der Waals surface area contributed by atoms with Crippen LogP contribution in [0.1, 0.15) is 20.8 Å². The van der Waals surface area contributed by atoms with E-state index in [0.29, 0.717) is 18.8 Å². The molecule has 0 radical (unpaired) electrons. The molecule has 1 aromatic rings. The Bertz CT molecular complexity index is 360. The molecular weight excluding hydrogens is 194 g/mol. The SMILES string of the molecule is CCOC(C)(C)CNc1cn[nH]c(=O)c1. The molecule has 0 aliphatic heterocycles. The van der Waals surface area contributed by atoms with Crippen LogP contribution in [0.25, 0.3) is 0 Å². The van der Waals surface area contributed by atoms with Crippen molar-refractivity contribution < 1.29 is 4.74 Å². The van der Waals surface area contributed by atoms with Gasteiger partial charge in [-0.3, -0.25) is 4.79 Å². The smallest absolute Gasteiger partial charge is 0.266 e. The molecule has 84 valence electrons. The molecule has 1 rings (SSSR count). The van der Waals surface area contributed by atoms with Crippen LogP contribution in [0.2, 0.25) is 0 Å². The highest BCUT2D eigenvalue weighted by Crippen LogP contribution is 2.10. The zero-order valence-electron chi connectivity index (χ0n) is 9.33. The summed E-state index contributed by atoms with van der Waals surface area (Å²) in [4.78, 5) is 11.0. The zero-order valence-corrected chi connectivity index (χ0v) is 9.33. The number of ether oxygens (including phenoxy) is 1. The molecule has 0 spiro atoms. The second-order valence-electron chi connectivity index (χ2n) is 3.88. The van der Waals surface area contributed by atoms with Gasteiger partial charge in [0.1, 0.15) is 0 Å². The van der Waals surface area contributed by atoms with Gasteiger partial charge >= 0.3 is 0 Å². The Labute approximate surface area is 88.9 Å². The van der Waals surface area contributed by atoms with Gasteiger partial charge < -0.3 is 10.1 Å². The molecular formula is C10H17N3O2. The first-order chi connectivity index (χ1) is 7.03. The Morgan fingerprint density at radius 3 is 2.93 bits per heavy atom. The van der Waals surface area contributed by atoms with Gasteiger partial charge in [-0.2, -0.15) is 5.10 Å². The minimum Gasteiger partial charge on any atom is -0.381 e. The monoisotopic (exact) mass is 211 g/mol. The predicted octanol–water partition coefficient (Wildman–Crippen LogP) is 0.997. The van der Waals surface area contributed by atoms with Crippen LogP contribution in [-0.4, -0.2) is 29.0 Å². The predicted molar refractivity (Wildman–Crippen MR) is 59.1 cm³/mol. The maximum Gasteiger partial charge on any atom is 0.266 e. The van der Waals surface area contributed by atoms with Gasteiger partial charge in [-0.1, -0.05) is 0 Å². The standard InChI is InChI=1S/C10H17N3O2/c1-4-15-10(2,3)7-11-8-5-9(14)13-12-6-8/h5-6H,4,7H2,1-3H3,(H2,11,13,14). The van der Waals surface area contributed by atoms with Gasteiger partial charge in [-0.25, -0.2) is 5.10 Å². The molecule has 5 heteroatoms. The van der Waals surface area contributed by atoms with Gasteiger partial charge in [0.15, 0.2) is 0 Å². The van der Waals surface area contributed by atoms with Crippen LogP contribution in [0.15, 0.2) is 17.1 Å². The summed E-state index contributed by atoms with van der Waals surface area (Å²) in [5, 5.41) is 9.11. The molecule has 1 aromatic heterocycles. The number of aromatic nitrogens is 2. The molecule has 1 heterocycles. The van der Waals surface area contributed by atoms with Gasteiger partial charge in [-0.05, 0) is 20.8 Å². The second-order valence-corrected chi connectivity index (χ2v) is 3.88. The third-order valence-electron chi connectivity index (χ3n) is 1.92. The first-order valence-corrected chi connectivity index (χ1v) is 4.96. The average Bonchev–Trinajstić information content (AvgIpc) is 2.15. The number of rotatable bonds is 5. The van der Waals surface area contributed by atoms with E-state index in [9.17, 15) is 4.79 Å². The van der Waals surface area contributed by atoms with E-state index in [1.807, 2.05) is 20.8 Å². The topological polar surface area (TPSA) is 67.0 Å². The normalized spacial score (nSPS) is 11.4. The highest BCUT2D eigenvalue weighted by molar-refractivity contribution is 5.38. The molecule has 0 fully saturated rings. The Kier molecular flexibility index (Phi) is 3.85. The fraction of sp³-hybridized carbons (Fsp3) is 0.600. The largest absolute Gasteiger partial charge is 0.381 e. The number of anilines is 1. The lowest BCUT2D eigenvalue weighted by Crippen LogP contribution is -2.33. The first kappa shape index (κ1) is 11.7. The molecule has 5 nitrogen and oxygen atoms in total. The quantitative estimate of drug-likeness (QED) is 0.762. The number of aromatic amines is 1. The fourth-order valence-corrected chi connectivity index (χ4v) is 1.23. The van der Waals surface area contributed by atoms with Gasteiger partial charge in [0.05, 0.1) is 17.5 Å². The van der Waals surface area contributed by atoms with Crippen molar-refractivity contribution in [2.75, 3.05) is 18.5 Å². The van der Waals surface area contributed by atoms with Crippen LogP contribution in [0.5, 0.6) is 0 Å². The van der Waals surface area contributed by atoms with Gasteiger partial charge in [-0.15, -0.1) is 0 Å². The third kappa shape index (κ3) is 4.12. The summed E-state index contributed by atoms with van der Waals surface area (Å²) >= 11 is 0. The van der Waals surface area contributed by atoms with Crippen molar-refractivity contribution >= 4 is 5.69 Å². The molecule has 2 N–H and O–H groups in total. The lowest BCUT2D eigenvalue weighted by atomic mass is 10.1. The highest BCUT2D eigenvalue weighted by Gasteiger charge is 2.16. The molecule has 15 heavy (non-hydrogen) atoms. The summed E-state index contributed by atoms with van der Waals surface area (Å²) in [5.41, 5.74) is 0.234. The van der Waals surface area contributed by atoms with Crippen LogP contribution in [0.3, 0.4) is 0 Å². The Morgan fingerprint density at radius 1 is 1.60 bits per heavy atom. The Balaban J connectivity index is 2.53. The van der Waals surface area contributed by atoms with Gasteiger partial charge in [0.2, 0.25) is 0 Å². The molecule has 0 unspecified atom stereocenters. The maximum absolute atomic E-state index is 11.0. The van der Waals surface area contributed by atoms with E-state index < -0.39 is 0 Å². The molecule has 0 aliphatic carbocycles. The van der Waals surface area contributed by atoms with E-state index in [-0.39, 0.29) is 11.2 Å². The van der Waals surface area contributed by atoms with E-state index >= 15 is 0 Å². The summed E-state index contributed by atoms with van der Waals surface area (Å²) in [6.07, 6.45) is 1.57. The number of hydrogen-bond acceptors (Lipinski definition) is 4. The van der Waals surface area contributed by atoms with E-state index in [1.165, 1.54) is 6.07 Å². The first-order valence-electron chi connectivity index (χ1n) is 4.96. The van der Waals surface area contributed by atoms with E-state index in [0.717, 1.165) is 0 Å². The van der Waals surface area contributed by atoms with Crippen molar-refractivity contribution in [3.8, 4) is 0 Å². The van der Waals surface area contributed by atoms with Crippen LogP contribution in [0, 0.1) is 0 Å². The molecule has 0 saturated heterocycles. The van der Waals surface area contributed by atoms with Crippen LogP contribution in [0.4, 0.5) is 5.69 Å². The van der Waals surface area contributed by atoms with Crippen molar-refractivity contribution in [3.63, 3.8) is 0 Å². The summed E-state index contributed by atoms with van der Waals surface area (Å²) in [6, 6.07) is 1.47. The number of H-pyrrole nitrogens is 1. The van der Waals surface area contributed by atoms with Crippen molar-refractivity contribution in [2.24, 2.45) is 0 Å². The summed E-state index contributed by atoms with van der Waals surface area (Å²) in [5.74, 6) is 0. The number of nitrogens with zero attached hydrogens (tertiary/aromatic N) is 1. The van der Waals surface area contributed by atoms with Gasteiger partial charge in [0, 0.05) is 19.2 Å². The van der Waals surface area contributed by atoms with Gasteiger partial charge in [0.25, 0.3) is 5.56 Å².